The van der Waals surface area contributed by atoms with E-state index < -0.39 is 11.9 Å². The summed E-state index contributed by atoms with van der Waals surface area (Å²) >= 11 is 1.31. The third-order valence-corrected chi connectivity index (χ3v) is 4.72. The Kier molecular flexibility index (Phi) is 4.71. The maximum atomic E-state index is 12.4. The van der Waals surface area contributed by atoms with Gasteiger partial charge in [0.1, 0.15) is 5.00 Å². The zero-order valence-corrected chi connectivity index (χ0v) is 14.7. The summed E-state index contributed by atoms with van der Waals surface area (Å²) in [5.74, 6) is -0.120. The number of furan rings is 1. The first-order chi connectivity index (χ1) is 12.0. The van der Waals surface area contributed by atoms with Gasteiger partial charge in [-0.2, -0.15) is 0 Å². The Hall–Kier alpha value is -2.87. The average molecular weight is 360 g/mol. The van der Waals surface area contributed by atoms with Gasteiger partial charge in [0.05, 0.1) is 18.4 Å². The summed E-state index contributed by atoms with van der Waals surface area (Å²) in [4.78, 5) is 25.5. The SMILES string of the molecule is CCOC(=O)c1c(NC(=O)c2cc(-c3ccco3)on2)sc(C)c1C. The lowest BCUT2D eigenvalue weighted by molar-refractivity contribution is 0.0527. The van der Waals surface area contributed by atoms with Gasteiger partial charge in [0.25, 0.3) is 5.91 Å². The van der Waals surface area contributed by atoms with Crippen LogP contribution in [0.3, 0.4) is 0 Å². The number of esters is 1. The molecule has 0 saturated carbocycles. The third-order valence-electron chi connectivity index (χ3n) is 3.60. The summed E-state index contributed by atoms with van der Waals surface area (Å²) in [6.45, 7) is 5.69. The lowest BCUT2D eigenvalue weighted by atomic mass is 10.1. The molecule has 0 fully saturated rings. The number of carbonyl (C=O) groups is 2. The summed E-state index contributed by atoms with van der Waals surface area (Å²) in [5.41, 5.74) is 1.24. The molecule has 25 heavy (non-hydrogen) atoms. The highest BCUT2D eigenvalue weighted by Gasteiger charge is 2.23. The van der Waals surface area contributed by atoms with Gasteiger partial charge >= 0.3 is 5.97 Å². The Labute approximate surface area is 147 Å². The third kappa shape index (κ3) is 3.34. The molecule has 0 aliphatic heterocycles. The summed E-state index contributed by atoms with van der Waals surface area (Å²) in [6.07, 6.45) is 1.50. The fraction of sp³-hybridized carbons (Fsp3) is 0.235. The predicted octanol–water partition coefficient (Wildman–Crippen LogP) is 4.04. The number of ether oxygens (including phenoxy) is 1. The van der Waals surface area contributed by atoms with Gasteiger partial charge in [-0.05, 0) is 38.5 Å². The fourth-order valence-corrected chi connectivity index (χ4v) is 3.29. The number of nitrogens with one attached hydrogen (secondary N) is 1. The first-order valence-electron chi connectivity index (χ1n) is 7.60. The van der Waals surface area contributed by atoms with E-state index in [9.17, 15) is 9.59 Å². The van der Waals surface area contributed by atoms with Crippen molar-refractivity contribution < 1.29 is 23.3 Å². The van der Waals surface area contributed by atoms with Crippen molar-refractivity contribution in [3.63, 3.8) is 0 Å². The highest BCUT2D eigenvalue weighted by atomic mass is 32.1. The van der Waals surface area contributed by atoms with Crippen LogP contribution >= 0.6 is 11.3 Å². The van der Waals surface area contributed by atoms with Crippen LogP contribution in [0.15, 0.2) is 33.4 Å². The van der Waals surface area contributed by atoms with Crippen LogP contribution in [-0.2, 0) is 4.74 Å². The number of anilines is 1. The van der Waals surface area contributed by atoms with Gasteiger partial charge < -0.3 is 19.0 Å². The quantitative estimate of drug-likeness (QED) is 0.690. The molecule has 1 amide bonds. The number of aryl methyl sites for hydroxylation is 1. The maximum Gasteiger partial charge on any atom is 0.341 e. The average Bonchev–Trinajstić information content (AvgIpc) is 3.29. The van der Waals surface area contributed by atoms with Gasteiger partial charge in [0.15, 0.2) is 11.5 Å². The summed E-state index contributed by atoms with van der Waals surface area (Å²) in [6, 6.07) is 4.89. The molecule has 130 valence electrons. The van der Waals surface area contributed by atoms with Crippen molar-refractivity contribution in [3.8, 4) is 11.5 Å². The number of rotatable bonds is 5. The molecule has 0 aliphatic carbocycles. The van der Waals surface area contributed by atoms with Crippen LogP contribution in [-0.4, -0.2) is 23.6 Å². The molecule has 0 spiro atoms. The van der Waals surface area contributed by atoms with Crippen molar-refractivity contribution in [1.82, 2.24) is 5.16 Å². The Bertz CT molecular complexity index is 908. The minimum Gasteiger partial charge on any atom is -0.462 e. The molecule has 0 aliphatic rings. The topological polar surface area (TPSA) is 94.6 Å². The van der Waals surface area contributed by atoms with Crippen molar-refractivity contribution >= 4 is 28.2 Å². The molecule has 8 heteroatoms. The molecule has 0 bridgehead atoms. The number of hydrogen-bond acceptors (Lipinski definition) is 7. The fourth-order valence-electron chi connectivity index (χ4n) is 2.25. The normalized spacial score (nSPS) is 10.7. The van der Waals surface area contributed by atoms with Gasteiger partial charge in [-0.15, -0.1) is 11.3 Å². The van der Waals surface area contributed by atoms with Crippen LogP contribution in [0, 0.1) is 13.8 Å². The minimum absolute atomic E-state index is 0.0879. The number of hydrogen-bond donors (Lipinski definition) is 1. The lowest BCUT2D eigenvalue weighted by Gasteiger charge is -2.05. The number of thiophene rings is 1. The number of aromatic nitrogens is 1. The van der Waals surface area contributed by atoms with Gasteiger partial charge in [-0.1, -0.05) is 5.16 Å². The molecule has 3 aromatic heterocycles. The Morgan fingerprint density at radius 3 is 2.80 bits per heavy atom. The van der Waals surface area contributed by atoms with Crippen molar-refractivity contribution in [2.24, 2.45) is 0 Å². The van der Waals surface area contributed by atoms with Crippen molar-refractivity contribution in [2.75, 3.05) is 11.9 Å². The number of amides is 1. The van der Waals surface area contributed by atoms with Gasteiger partial charge in [0.2, 0.25) is 5.76 Å². The van der Waals surface area contributed by atoms with E-state index in [1.165, 1.54) is 23.7 Å². The van der Waals surface area contributed by atoms with E-state index in [1.807, 2.05) is 13.8 Å². The van der Waals surface area contributed by atoms with E-state index in [2.05, 4.69) is 10.5 Å². The highest BCUT2D eigenvalue weighted by molar-refractivity contribution is 7.16. The van der Waals surface area contributed by atoms with E-state index in [0.29, 0.717) is 22.1 Å². The molecule has 3 aromatic rings. The first-order valence-corrected chi connectivity index (χ1v) is 8.42. The number of nitrogens with zero attached hydrogens (tertiary/aromatic N) is 1. The van der Waals surface area contributed by atoms with Crippen molar-refractivity contribution in [3.05, 3.63) is 46.2 Å². The standard InChI is InChI=1S/C17H16N2O5S/c1-4-22-17(21)14-9(2)10(3)25-16(14)18-15(20)11-8-13(24-19-11)12-6-5-7-23-12/h5-8H,4H2,1-3H3,(H,18,20). The molecule has 0 atom stereocenters. The predicted molar refractivity (Wildman–Crippen MR) is 91.9 cm³/mol. The molecule has 0 radical (unpaired) electrons. The maximum absolute atomic E-state index is 12.4. The van der Waals surface area contributed by atoms with Crippen LogP contribution in [0.4, 0.5) is 5.00 Å². The van der Waals surface area contributed by atoms with E-state index in [4.69, 9.17) is 13.7 Å². The second-order valence-electron chi connectivity index (χ2n) is 5.22. The Morgan fingerprint density at radius 1 is 1.32 bits per heavy atom. The molecule has 1 N–H and O–H groups in total. The van der Waals surface area contributed by atoms with Gasteiger partial charge in [-0.25, -0.2) is 4.79 Å². The van der Waals surface area contributed by atoms with Crippen LogP contribution in [0.1, 0.15) is 38.2 Å². The van der Waals surface area contributed by atoms with Crippen LogP contribution in [0.5, 0.6) is 0 Å². The van der Waals surface area contributed by atoms with E-state index in [1.54, 1.807) is 19.1 Å². The molecule has 3 heterocycles. The van der Waals surface area contributed by atoms with Gasteiger partial charge in [-0.3, -0.25) is 4.79 Å². The van der Waals surface area contributed by atoms with Crippen molar-refractivity contribution in [2.45, 2.75) is 20.8 Å². The van der Waals surface area contributed by atoms with Crippen LogP contribution < -0.4 is 5.32 Å². The number of carbonyl (C=O) groups excluding carboxylic acids is 2. The molecule has 0 unspecified atom stereocenters. The van der Waals surface area contributed by atoms with E-state index in [0.717, 1.165) is 10.4 Å². The van der Waals surface area contributed by atoms with E-state index in [-0.39, 0.29) is 12.3 Å². The second kappa shape index (κ2) is 6.94. The summed E-state index contributed by atoms with van der Waals surface area (Å²) < 4.78 is 15.4. The molecule has 0 aromatic carbocycles. The molecule has 7 nitrogen and oxygen atoms in total. The lowest BCUT2D eigenvalue weighted by Crippen LogP contribution is -2.15. The molecule has 3 rings (SSSR count). The highest BCUT2D eigenvalue weighted by Crippen LogP contribution is 2.33. The summed E-state index contributed by atoms with van der Waals surface area (Å²) in [5, 5.41) is 6.89. The largest absolute Gasteiger partial charge is 0.462 e. The molecule has 0 saturated heterocycles. The second-order valence-corrected chi connectivity index (χ2v) is 6.44. The monoisotopic (exact) mass is 360 g/mol. The van der Waals surface area contributed by atoms with Crippen LogP contribution in [0.25, 0.3) is 11.5 Å². The minimum atomic E-state index is -0.478. The van der Waals surface area contributed by atoms with Crippen molar-refractivity contribution in [1.29, 1.82) is 0 Å². The zero-order valence-electron chi connectivity index (χ0n) is 13.9. The Balaban J connectivity index is 1.84. The first kappa shape index (κ1) is 17.0. The zero-order chi connectivity index (χ0) is 18.0. The van der Waals surface area contributed by atoms with E-state index >= 15 is 0 Å². The van der Waals surface area contributed by atoms with Crippen LogP contribution in [0.2, 0.25) is 0 Å². The summed E-state index contributed by atoms with van der Waals surface area (Å²) in [7, 11) is 0. The van der Waals surface area contributed by atoms with Gasteiger partial charge in [0, 0.05) is 10.9 Å². The molecular formula is C17H16N2O5S. The molecular weight excluding hydrogens is 344 g/mol. The Morgan fingerprint density at radius 2 is 2.12 bits per heavy atom. The smallest absolute Gasteiger partial charge is 0.341 e.